The van der Waals surface area contributed by atoms with Crippen LogP contribution in [0, 0.1) is 5.92 Å². The molecule has 1 amide bonds. The van der Waals surface area contributed by atoms with Crippen LogP contribution in [0.5, 0.6) is 5.75 Å². The zero-order valence-corrected chi connectivity index (χ0v) is 18.0. The molecule has 156 valence electrons. The lowest BCUT2D eigenvalue weighted by Crippen LogP contribution is -2.40. The van der Waals surface area contributed by atoms with E-state index in [0.717, 1.165) is 34.7 Å². The number of carbonyl (C=O) groups excluding carboxylic acids is 1. The summed E-state index contributed by atoms with van der Waals surface area (Å²) in [5.41, 5.74) is 1.83. The van der Waals surface area contributed by atoms with Crippen LogP contribution in [-0.4, -0.2) is 52.2 Å². The SMILES string of the molecule is CC(C)OC(=O)N1CCC(COc2ccc(-c3ccc([S@@](C)=O)cc3)nc2)CC1. The van der Waals surface area contributed by atoms with E-state index in [9.17, 15) is 9.00 Å². The highest BCUT2D eigenvalue weighted by Crippen LogP contribution is 2.23. The van der Waals surface area contributed by atoms with Crippen LogP contribution in [0.3, 0.4) is 0 Å². The smallest absolute Gasteiger partial charge is 0.410 e. The van der Waals surface area contributed by atoms with Crippen molar-refractivity contribution in [3.05, 3.63) is 42.6 Å². The molecule has 0 aliphatic carbocycles. The lowest BCUT2D eigenvalue weighted by atomic mass is 9.98. The van der Waals surface area contributed by atoms with Gasteiger partial charge in [-0.2, -0.15) is 0 Å². The van der Waals surface area contributed by atoms with Crippen LogP contribution in [0.15, 0.2) is 47.5 Å². The number of rotatable bonds is 6. The maximum atomic E-state index is 11.9. The highest BCUT2D eigenvalue weighted by molar-refractivity contribution is 7.84. The van der Waals surface area contributed by atoms with E-state index in [1.54, 1.807) is 17.4 Å². The molecule has 6 nitrogen and oxygen atoms in total. The number of hydrogen-bond donors (Lipinski definition) is 0. The standard InChI is InChI=1S/C22H28N2O4S/c1-16(2)28-22(25)24-12-10-17(11-13-24)15-27-19-6-9-21(23-14-19)18-4-7-20(8-5-18)29(3)26/h4-9,14,16-17H,10-13,15H2,1-3H3/t29-/m1/s1. The fraction of sp³-hybridized carbons (Fsp3) is 0.455. The van der Waals surface area contributed by atoms with E-state index in [-0.39, 0.29) is 12.2 Å². The van der Waals surface area contributed by atoms with Crippen molar-refractivity contribution >= 4 is 16.9 Å². The molecule has 1 aromatic heterocycles. The minimum Gasteiger partial charge on any atom is -0.492 e. The fourth-order valence-electron chi connectivity index (χ4n) is 3.23. The highest BCUT2D eigenvalue weighted by Gasteiger charge is 2.24. The van der Waals surface area contributed by atoms with E-state index in [1.165, 1.54) is 0 Å². The molecule has 0 unspecified atom stereocenters. The number of nitrogens with zero attached hydrogens (tertiary/aromatic N) is 2. The van der Waals surface area contributed by atoms with Gasteiger partial charge >= 0.3 is 6.09 Å². The quantitative estimate of drug-likeness (QED) is 0.708. The maximum Gasteiger partial charge on any atom is 0.410 e. The number of ether oxygens (including phenoxy) is 2. The number of aromatic nitrogens is 1. The van der Waals surface area contributed by atoms with Crippen LogP contribution in [0.25, 0.3) is 11.3 Å². The topological polar surface area (TPSA) is 68.7 Å². The fourth-order valence-corrected chi connectivity index (χ4v) is 3.75. The number of likely N-dealkylation sites (tertiary alicyclic amines) is 1. The Hall–Kier alpha value is -2.41. The molecule has 2 aromatic rings. The van der Waals surface area contributed by atoms with Gasteiger partial charge in [0.15, 0.2) is 0 Å². The van der Waals surface area contributed by atoms with Crippen LogP contribution in [0.2, 0.25) is 0 Å². The second-order valence-electron chi connectivity index (χ2n) is 7.53. The van der Waals surface area contributed by atoms with Crippen molar-refractivity contribution in [1.82, 2.24) is 9.88 Å². The van der Waals surface area contributed by atoms with Crippen molar-refractivity contribution < 1.29 is 18.5 Å². The predicted octanol–water partition coefficient (Wildman–Crippen LogP) is 4.12. The second kappa shape index (κ2) is 9.87. The molecule has 0 spiro atoms. The van der Waals surface area contributed by atoms with Crippen LogP contribution in [0.1, 0.15) is 26.7 Å². The normalized spacial score (nSPS) is 15.9. The highest BCUT2D eigenvalue weighted by atomic mass is 32.2. The molecule has 1 saturated heterocycles. The Morgan fingerprint density at radius 2 is 1.86 bits per heavy atom. The first-order chi connectivity index (χ1) is 13.9. The molecular formula is C22H28N2O4S. The number of hydrogen-bond acceptors (Lipinski definition) is 5. The number of carbonyl (C=O) groups is 1. The molecule has 1 aromatic carbocycles. The summed E-state index contributed by atoms with van der Waals surface area (Å²) in [5.74, 6) is 1.15. The summed E-state index contributed by atoms with van der Waals surface area (Å²) in [5, 5.41) is 0. The van der Waals surface area contributed by atoms with Crippen LogP contribution in [-0.2, 0) is 15.5 Å². The van der Waals surface area contributed by atoms with Crippen molar-refractivity contribution in [3.8, 4) is 17.0 Å². The van der Waals surface area contributed by atoms with Gasteiger partial charge in [-0.05, 0) is 56.9 Å². The summed E-state index contributed by atoms with van der Waals surface area (Å²) in [4.78, 5) is 19.0. The van der Waals surface area contributed by atoms with Crippen molar-refractivity contribution in [2.24, 2.45) is 5.92 Å². The molecular weight excluding hydrogens is 388 g/mol. The lowest BCUT2D eigenvalue weighted by Gasteiger charge is -2.31. The zero-order chi connectivity index (χ0) is 20.8. The van der Waals surface area contributed by atoms with Gasteiger partial charge in [-0.15, -0.1) is 0 Å². The maximum absolute atomic E-state index is 11.9. The van der Waals surface area contributed by atoms with Gasteiger partial charge in [0.25, 0.3) is 0 Å². The minimum absolute atomic E-state index is 0.0902. The number of benzene rings is 1. The van der Waals surface area contributed by atoms with Crippen molar-refractivity contribution in [2.45, 2.75) is 37.7 Å². The van der Waals surface area contributed by atoms with Gasteiger partial charge in [0.05, 0.1) is 24.6 Å². The van der Waals surface area contributed by atoms with Gasteiger partial charge in [0.1, 0.15) is 5.75 Å². The largest absolute Gasteiger partial charge is 0.492 e. The van der Waals surface area contributed by atoms with E-state index >= 15 is 0 Å². The lowest BCUT2D eigenvalue weighted by molar-refractivity contribution is 0.0608. The van der Waals surface area contributed by atoms with Gasteiger partial charge in [-0.1, -0.05) is 12.1 Å². The Balaban J connectivity index is 1.47. The van der Waals surface area contributed by atoms with Gasteiger partial charge in [0.2, 0.25) is 0 Å². The van der Waals surface area contributed by atoms with Crippen LogP contribution < -0.4 is 4.74 Å². The van der Waals surface area contributed by atoms with E-state index in [0.29, 0.717) is 25.6 Å². The zero-order valence-electron chi connectivity index (χ0n) is 17.2. The molecule has 2 heterocycles. The van der Waals surface area contributed by atoms with E-state index in [1.807, 2.05) is 50.2 Å². The average molecular weight is 417 g/mol. The van der Waals surface area contributed by atoms with Gasteiger partial charge in [-0.25, -0.2) is 4.79 Å². The Kier molecular flexibility index (Phi) is 7.25. The Morgan fingerprint density at radius 3 is 2.41 bits per heavy atom. The predicted molar refractivity (Wildman–Crippen MR) is 113 cm³/mol. The van der Waals surface area contributed by atoms with E-state index in [4.69, 9.17) is 9.47 Å². The minimum atomic E-state index is -0.980. The Bertz CT molecular complexity index is 829. The third-order valence-electron chi connectivity index (χ3n) is 4.91. The molecule has 0 radical (unpaired) electrons. The Morgan fingerprint density at radius 1 is 1.17 bits per heavy atom. The summed E-state index contributed by atoms with van der Waals surface area (Å²) in [6.07, 6.45) is 4.90. The molecule has 29 heavy (non-hydrogen) atoms. The molecule has 3 rings (SSSR count). The first-order valence-corrected chi connectivity index (χ1v) is 11.5. The summed E-state index contributed by atoms with van der Waals surface area (Å²) in [7, 11) is -0.980. The van der Waals surface area contributed by atoms with E-state index < -0.39 is 10.8 Å². The first kappa shape index (κ1) is 21.3. The van der Waals surface area contributed by atoms with Crippen LogP contribution >= 0.6 is 0 Å². The molecule has 1 aliphatic rings. The third kappa shape index (κ3) is 6.03. The average Bonchev–Trinajstić information content (AvgIpc) is 2.72. The molecule has 1 atom stereocenters. The molecule has 0 bridgehead atoms. The van der Waals surface area contributed by atoms with Gasteiger partial charge < -0.3 is 14.4 Å². The number of piperidine rings is 1. The summed E-state index contributed by atoms with van der Waals surface area (Å²) in [6, 6.07) is 11.4. The molecule has 1 fully saturated rings. The van der Waals surface area contributed by atoms with Crippen molar-refractivity contribution in [2.75, 3.05) is 26.0 Å². The summed E-state index contributed by atoms with van der Waals surface area (Å²) in [6.45, 7) is 5.75. The Labute approximate surface area is 174 Å². The molecule has 0 saturated carbocycles. The van der Waals surface area contributed by atoms with E-state index in [2.05, 4.69) is 4.98 Å². The van der Waals surface area contributed by atoms with Gasteiger partial charge in [0, 0.05) is 40.6 Å². The van der Waals surface area contributed by atoms with Crippen LogP contribution in [0.4, 0.5) is 4.79 Å². The monoisotopic (exact) mass is 416 g/mol. The summed E-state index contributed by atoms with van der Waals surface area (Å²) >= 11 is 0. The molecule has 0 N–H and O–H groups in total. The van der Waals surface area contributed by atoms with Crippen molar-refractivity contribution in [1.29, 1.82) is 0 Å². The number of amides is 1. The molecule has 7 heteroatoms. The summed E-state index contributed by atoms with van der Waals surface area (Å²) < 4.78 is 22.6. The third-order valence-corrected chi connectivity index (χ3v) is 5.85. The van der Waals surface area contributed by atoms with Crippen molar-refractivity contribution in [3.63, 3.8) is 0 Å². The van der Waals surface area contributed by atoms with Gasteiger partial charge in [-0.3, -0.25) is 9.19 Å². The molecule has 1 aliphatic heterocycles. The number of pyridine rings is 1. The first-order valence-electron chi connectivity index (χ1n) is 9.90. The second-order valence-corrected chi connectivity index (χ2v) is 8.91.